The van der Waals surface area contributed by atoms with Crippen molar-refractivity contribution < 1.29 is 24.2 Å². The quantitative estimate of drug-likeness (QED) is 0.178. The van der Waals surface area contributed by atoms with Gasteiger partial charge in [0.25, 0.3) is 0 Å². The van der Waals surface area contributed by atoms with Crippen LogP contribution in [0.5, 0.6) is 0 Å². The Morgan fingerprint density at radius 2 is 1.82 bits per heavy atom. The van der Waals surface area contributed by atoms with Crippen molar-refractivity contribution in [3.05, 3.63) is 82.4 Å². The van der Waals surface area contributed by atoms with Gasteiger partial charge in [-0.05, 0) is 24.6 Å². The molecule has 4 aromatic rings. The summed E-state index contributed by atoms with van der Waals surface area (Å²) >= 11 is 0. The Labute approximate surface area is 228 Å². The number of nitrogens with one attached hydrogen (secondary N) is 4. The lowest BCUT2D eigenvalue weighted by molar-refractivity contribution is -0.137. The second-order valence-electron chi connectivity index (χ2n) is 9.04. The molecule has 1 atom stereocenters. The van der Waals surface area contributed by atoms with Crippen molar-refractivity contribution in [2.45, 2.75) is 39.0 Å². The van der Waals surface area contributed by atoms with Gasteiger partial charge in [-0.1, -0.05) is 42.5 Å². The van der Waals surface area contributed by atoms with E-state index < -0.39 is 30.2 Å². The van der Waals surface area contributed by atoms with E-state index in [0.29, 0.717) is 17.3 Å². The molecule has 0 bridgehead atoms. The number of aryl methyl sites for hydroxylation is 1. The van der Waals surface area contributed by atoms with Crippen LogP contribution in [-0.4, -0.2) is 55.2 Å². The second-order valence-corrected chi connectivity index (χ2v) is 9.04. The number of benzene rings is 2. The van der Waals surface area contributed by atoms with E-state index in [9.17, 15) is 24.3 Å². The first-order chi connectivity index (χ1) is 19.3. The van der Waals surface area contributed by atoms with Gasteiger partial charge in [0.1, 0.15) is 12.4 Å². The highest BCUT2D eigenvalue weighted by Crippen LogP contribution is 2.14. The molecule has 0 aliphatic rings. The standard InChI is InChI=1S/C27H29N7O6/c1-17-14-34(15-19(13-23(36)37)29-27(39)40-16-18-7-3-2-4-8-18)26(38)33-24(17)28-12-11-22(35)32-25-30-20-9-5-6-10-21(20)31-25/h2-10,14,19H,11-13,15-16H2,1H3,(H,29,39)(H,36,37)(H,28,33,38)(H2,30,31,32,35)/t19-/m1/s1. The normalized spacial score (nSPS) is 11.5. The SMILES string of the molecule is Cc1cn(C[C@@H](CC(=O)O)NC(=O)OCc2ccccc2)c(=O)nc1NCCC(=O)Nc1nc2ccccc2[nH]1. The van der Waals surface area contributed by atoms with Crippen LogP contribution in [0.3, 0.4) is 0 Å². The molecule has 13 nitrogen and oxygen atoms in total. The first-order valence-corrected chi connectivity index (χ1v) is 12.5. The lowest BCUT2D eigenvalue weighted by Gasteiger charge is -2.19. The first-order valence-electron chi connectivity index (χ1n) is 12.5. The number of ether oxygens (including phenoxy) is 1. The predicted molar refractivity (Wildman–Crippen MR) is 147 cm³/mol. The molecule has 2 aromatic carbocycles. The van der Waals surface area contributed by atoms with Crippen molar-refractivity contribution in [1.29, 1.82) is 0 Å². The van der Waals surface area contributed by atoms with Crippen molar-refractivity contribution in [2.75, 3.05) is 17.2 Å². The zero-order valence-corrected chi connectivity index (χ0v) is 21.7. The molecule has 40 heavy (non-hydrogen) atoms. The average molecular weight is 548 g/mol. The molecule has 2 amide bonds. The van der Waals surface area contributed by atoms with Crippen LogP contribution in [0.25, 0.3) is 11.0 Å². The van der Waals surface area contributed by atoms with Gasteiger partial charge in [-0.25, -0.2) is 14.6 Å². The number of aliphatic carboxylic acids is 1. The largest absolute Gasteiger partial charge is 0.481 e. The number of nitrogens with zero attached hydrogens (tertiary/aromatic N) is 3. The third kappa shape index (κ3) is 7.90. The Balaban J connectivity index is 1.30. The molecule has 0 aliphatic heterocycles. The van der Waals surface area contributed by atoms with Crippen LogP contribution in [0.4, 0.5) is 16.6 Å². The van der Waals surface area contributed by atoms with Crippen LogP contribution >= 0.6 is 0 Å². The van der Waals surface area contributed by atoms with Crippen molar-refractivity contribution in [2.24, 2.45) is 0 Å². The van der Waals surface area contributed by atoms with E-state index in [1.165, 1.54) is 10.8 Å². The molecule has 0 radical (unpaired) electrons. The highest BCUT2D eigenvalue weighted by molar-refractivity contribution is 5.91. The molecular weight excluding hydrogens is 518 g/mol. The molecule has 0 aliphatic carbocycles. The van der Waals surface area contributed by atoms with Crippen LogP contribution in [0.2, 0.25) is 0 Å². The number of hydrogen-bond acceptors (Lipinski definition) is 8. The lowest BCUT2D eigenvalue weighted by Crippen LogP contribution is -2.42. The molecule has 208 valence electrons. The van der Waals surface area contributed by atoms with Crippen molar-refractivity contribution in [3.63, 3.8) is 0 Å². The molecule has 0 saturated heterocycles. The van der Waals surface area contributed by atoms with E-state index in [0.717, 1.165) is 16.6 Å². The van der Waals surface area contributed by atoms with Crippen LogP contribution in [0.15, 0.2) is 65.6 Å². The molecule has 0 fully saturated rings. The summed E-state index contributed by atoms with van der Waals surface area (Å²) in [5.41, 5.74) is 2.27. The maximum absolute atomic E-state index is 12.7. The molecule has 0 saturated carbocycles. The minimum absolute atomic E-state index is 0.0176. The summed E-state index contributed by atoms with van der Waals surface area (Å²) in [6.07, 6.45) is 0.383. The number of para-hydroxylation sites is 2. The number of fused-ring (bicyclic) bond motifs is 1. The Kier molecular flexibility index (Phi) is 9.07. The average Bonchev–Trinajstić information content (AvgIpc) is 3.32. The molecule has 5 N–H and O–H groups in total. The van der Waals surface area contributed by atoms with E-state index in [1.54, 1.807) is 31.2 Å². The smallest absolute Gasteiger partial charge is 0.407 e. The number of hydrogen-bond donors (Lipinski definition) is 5. The van der Waals surface area contributed by atoms with Crippen LogP contribution in [0.1, 0.15) is 24.0 Å². The number of aromatic amines is 1. The molecule has 0 spiro atoms. The Bertz CT molecular complexity index is 1520. The third-order valence-electron chi connectivity index (χ3n) is 5.84. The summed E-state index contributed by atoms with van der Waals surface area (Å²) in [5, 5.41) is 17.5. The van der Waals surface area contributed by atoms with Gasteiger partial charge in [-0.3, -0.25) is 19.5 Å². The fourth-order valence-electron chi connectivity index (χ4n) is 3.95. The van der Waals surface area contributed by atoms with E-state index in [4.69, 9.17) is 4.74 Å². The van der Waals surface area contributed by atoms with Gasteiger partial charge < -0.3 is 25.5 Å². The number of carbonyl (C=O) groups is 3. The van der Waals surface area contributed by atoms with Crippen molar-refractivity contribution in [1.82, 2.24) is 24.8 Å². The second kappa shape index (κ2) is 13.0. The van der Waals surface area contributed by atoms with Gasteiger partial charge in [-0.15, -0.1) is 0 Å². The zero-order valence-electron chi connectivity index (χ0n) is 21.7. The predicted octanol–water partition coefficient (Wildman–Crippen LogP) is 2.64. The number of H-pyrrole nitrogens is 1. The zero-order chi connectivity index (χ0) is 28.5. The summed E-state index contributed by atoms with van der Waals surface area (Å²) in [5.74, 6) is -0.788. The topological polar surface area (TPSA) is 180 Å². The number of carboxylic acid groups (broad SMARTS) is 1. The van der Waals surface area contributed by atoms with E-state index in [1.807, 2.05) is 30.3 Å². The lowest BCUT2D eigenvalue weighted by atomic mass is 10.2. The highest BCUT2D eigenvalue weighted by Gasteiger charge is 2.19. The minimum atomic E-state index is -1.15. The number of carbonyl (C=O) groups excluding carboxylic acids is 2. The van der Waals surface area contributed by atoms with Crippen molar-refractivity contribution in [3.8, 4) is 0 Å². The van der Waals surface area contributed by atoms with E-state index in [-0.39, 0.29) is 32.0 Å². The fraction of sp³-hybridized carbons (Fsp3) is 0.259. The Morgan fingerprint density at radius 1 is 1.07 bits per heavy atom. The number of amides is 2. The Morgan fingerprint density at radius 3 is 2.58 bits per heavy atom. The van der Waals surface area contributed by atoms with Gasteiger partial charge in [0, 0.05) is 31.3 Å². The van der Waals surface area contributed by atoms with Gasteiger partial charge in [0.15, 0.2) is 0 Å². The molecule has 13 heteroatoms. The number of carboxylic acids is 1. The monoisotopic (exact) mass is 547 g/mol. The van der Waals surface area contributed by atoms with E-state index in [2.05, 4.69) is 30.9 Å². The third-order valence-corrected chi connectivity index (χ3v) is 5.84. The highest BCUT2D eigenvalue weighted by atomic mass is 16.5. The first kappa shape index (κ1) is 27.8. The number of anilines is 2. The number of alkyl carbamates (subject to hydrolysis) is 1. The van der Waals surface area contributed by atoms with Crippen molar-refractivity contribution >= 4 is 40.8 Å². The molecule has 2 aromatic heterocycles. The minimum Gasteiger partial charge on any atom is -0.481 e. The number of imidazole rings is 1. The van der Waals surface area contributed by atoms with Crippen LogP contribution < -0.4 is 21.6 Å². The number of aromatic nitrogens is 4. The maximum Gasteiger partial charge on any atom is 0.407 e. The number of rotatable bonds is 12. The molecule has 2 heterocycles. The van der Waals surface area contributed by atoms with Gasteiger partial charge in [0.05, 0.1) is 23.5 Å². The molecule has 0 unspecified atom stereocenters. The van der Waals surface area contributed by atoms with Crippen LogP contribution in [0, 0.1) is 6.92 Å². The summed E-state index contributed by atoms with van der Waals surface area (Å²) in [4.78, 5) is 59.9. The summed E-state index contributed by atoms with van der Waals surface area (Å²) < 4.78 is 6.39. The molecule has 4 rings (SSSR count). The Hall–Kier alpha value is -5.20. The van der Waals surface area contributed by atoms with E-state index >= 15 is 0 Å². The summed E-state index contributed by atoms with van der Waals surface area (Å²) in [7, 11) is 0. The van der Waals surface area contributed by atoms with Gasteiger partial charge in [-0.2, -0.15) is 4.98 Å². The molecular formula is C27H29N7O6. The maximum atomic E-state index is 12.7. The van der Waals surface area contributed by atoms with Gasteiger partial charge >= 0.3 is 17.8 Å². The fourth-order valence-corrected chi connectivity index (χ4v) is 3.95. The summed E-state index contributed by atoms with van der Waals surface area (Å²) in [6, 6.07) is 15.5. The summed E-state index contributed by atoms with van der Waals surface area (Å²) in [6.45, 7) is 1.82. The van der Waals surface area contributed by atoms with Gasteiger partial charge in [0.2, 0.25) is 11.9 Å². The van der Waals surface area contributed by atoms with Crippen LogP contribution in [-0.2, 0) is 27.5 Å².